The Morgan fingerprint density at radius 3 is 2.29 bits per heavy atom. The van der Waals surface area contributed by atoms with Crippen LogP contribution >= 0.6 is 0 Å². The van der Waals surface area contributed by atoms with Crippen molar-refractivity contribution < 1.29 is 9.59 Å². The number of amides is 2. The standard InChI is InChI=1S/C13H14N2O2/c1-4-12(16)14-10-7-6-9(3)11(8-10)15-13(17)5-2/h4-8H,1-2H2,3H3,(H,14,16)(H,15,17). The minimum absolute atomic E-state index is 0.291. The Balaban J connectivity index is 2.93. The van der Waals surface area contributed by atoms with Crippen LogP contribution in [-0.2, 0) is 9.59 Å². The number of anilines is 2. The van der Waals surface area contributed by atoms with Crippen LogP contribution in [0, 0.1) is 6.92 Å². The molecule has 0 aliphatic carbocycles. The van der Waals surface area contributed by atoms with Crippen LogP contribution in [0.1, 0.15) is 5.56 Å². The van der Waals surface area contributed by atoms with Crippen LogP contribution in [0.4, 0.5) is 11.4 Å². The summed E-state index contributed by atoms with van der Waals surface area (Å²) < 4.78 is 0. The van der Waals surface area contributed by atoms with Gasteiger partial charge in [-0.2, -0.15) is 0 Å². The number of benzene rings is 1. The summed E-state index contributed by atoms with van der Waals surface area (Å²) in [6.07, 6.45) is 2.37. The molecule has 0 bridgehead atoms. The second-order valence-electron chi connectivity index (χ2n) is 3.42. The van der Waals surface area contributed by atoms with Gasteiger partial charge in [-0.15, -0.1) is 0 Å². The molecule has 4 heteroatoms. The highest BCUT2D eigenvalue weighted by Gasteiger charge is 2.04. The van der Waals surface area contributed by atoms with E-state index in [1.165, 1.54) is 12.2 Å². The van der Waals surface area contributed by atoms with Crippen LogP contribution < -0.4 is 10.6 Å². The lowest BCUT2D eigenvalue weighted by molar-refractivity contribution is -0.112. The highest BCUT2D eigenvalue weighted by atomic mass is 16.2. The molecule has 0 aliphatic rings. The summed E-state index contributed by atoms with van der Waals surface area (Å²) in [5.41, 5.74) is 2.13. The molecule has 0 radical (unpaired) electrons. The first-order valence-electron chi connectivity index (χ1n) is 5.04. The quantitative estimate of drug-likeness (QED) is 0.779. The third-order valence-corrected chi connectivity index (χ3v) is 2.13. The molecule has 0 saturated carbocycles. The lowest BCUT2D eigenvalue weighted by Crippen LogP contribution is -2.11. The monoisotopic (exact) mass is 230 g/mol. The zero-order chi connectivity index (χ0) is 12.8. The van der Waals surface area contributed by atoms with Gasteiger partial charge in [0.15, 0.2) is 0 Å². The molecule has 0 saturated heterocycles. The van der Waals surface area contributed by atoms with E-state index in [1.54, 1.807) is 18.2 Å². The molecule has 0 spiro atoms. The lowest BCUT2D eigenvalue weighted by atomic mass is 10.1. The first-order valence-corrected chi connectivity index (χ1v) is 5.04. The molecule has 0 aliphatic heterocycles. The summed E-state index contributed by atoms with van der Waals surface area (Å²) in [5.74, 6) is -0.588. The van der Waals surface area contributed by atoms with Crippen LogP contribution in [0.5, 0.6) is 0 Å². The van der Waals surface area contributed by atoms with Gasteiger partial charge in [0, 0.05) is 11.4 Å². The number of nitrogens with one attached hydrogen (secondary N) is 2. The molecule has 1 aromatic carbocycles. The Bertz CT molecular complexity index is 478. The van der Waals surface area contributed by atoms with Crippen LogP contribution in [0.3, 0.4) is 0 Å². The summed E-state index contributed by atoms with van der Waals surface area (Å²) >= 11 is 0. The highest BCUT2D eigenvalue weighted by Crippen LogP contribution is 2.20. The van der Waals surface area contributed by atoms with Crippen molar-refractivity contribution in [2.45, 2.75) is 6.92 Å². The lowest BCUT2D eigenvalue weighted by Gasteiger charge is -2.09. The topological polar surface area (TPSA) is 58.2 Å². The molecule has 2 N–H and O–H groups in total. The third-order valence-electron chi connectivity index (χ3n) is 2.13. The maximum atomic E-state index is 11.2. The summed E-state index contributed by atoms with van der Waals surface area (Å²) in [6.45, 7) is 8.60. The molecule has 0 aromatic heterocycles. The van der Waals surface area contributed by atoms with Crippen molar-refractivity contribution >= 4 is 23.2 Å². The van der Waals surface area contributed by atoms with Gasteiger partial charge < -0.3 is 10.6 Å². The largest absolute Gasteiger partial charge is 0.322 e. The fraction of sp³-hybridized carbons (Fsp3) is 0.0769. The van der Waals surface area contributed by atoms with Crippen LogP contribution in [0.2, 0.25) is 0 Å². The molecular formula is C13H14N2O2. The van der Waals surface area contributed by atoms with E-state index in [-0.39, 0.29) is 11.8 Å². The maximum absolute atomic E-state index is 11.2. The van der Waals surface area contributed by atoms with Crippen molar-refractivity contribution in [3.63, 3.8) is 0 Å². The van der Waals surface area contributed by atoms with E-state index in [0.29, 0.717) is 11.4 Å². The summed E-state index contributed by atoms with van der Waals surface area (Å²) in [4.78, 5) is 22.3. The van der Waals surface area contributed by atoms with E-state index in [2.05, 4.69) is 23.8 Å². The van der Waals surface area contributed by atoms with Gasteiger partial charge in [0.25, 0.3) is 0 Å². The Kier molecular flexibility index (Phi) is 4.22. The van der Waals surface area contributed by atoms with Crippen molar-refractivity contribution in [1.29, 1.82) is 0 Å². The van der Waals surface area contributed by atoms with Gasteiger partial charge in [0.2, 0.25) is 11.8 Å². The molecule has 88 valence electrons. The van der Waals surface area contributed by atoms with Crippen molar-refractivity contribution in [3.8, 4) is 0 Å². The number of carbonyl (C=O) groups excluding carboxylic acids is 2. The highest BCUT2D eigenvalue weighted by molar-refractivity contribution is 6.01. The minimum Gasteiger partial charge on any atom is -0.322 e. The molecular weight excluding hydrogens is 216 g/mol. The second-order valence-corrected chi connectivity index (χ2v) is 3.42. The summed E-state index contributed by atoms with van der Waals surface area (Å²) in [6, 6.07) is 5.23. The first kappa shape index (κ1) is 12.7. The number of hydrogen-bond donors (Lipinski definition) is 2. The molecule has 1 aromatic rings. The zero-order valence-corrected chi connectivity index (χ0v) is 9.62. The maximum Gasteiger partial charge on any atom is 0.247 e. The Labute approximate surface area is 100 Å². The molecule has 2 amide bonds. The predicted molar refractivity (Wildman–Crippen MR) is 68.8 cm³/mol. The SMILES string of the molecule is C=CC(=O)Nc1ccc(C)c(NC(=O)C=C)c1. The molecule has 4 nitrogen and oxygen atoms in total. The normalized spacial score (nSPS) is 9.24. The van der Waals surface area contributed by atoms with Gasteiger partial charge in [-0.3, -0.25) is 9.59 Å². The molecule has 0 fully saturated rings. The Morgan fingerprint density at radius 2 is 1.71 bits per heavy atom. The molecule has 17 heavy (non-hydrogen) atoms. The average molecular weight is 230 g/mol. The Morgan fingerprint density at radius 1 is 1.12 bits per heavy atom. The third kappa shape index (κ3) is 3.61. The van der Waals surface area contributed by atoms with Gasteiger partial charge >= 0.3 is 0 Å². The van der Waals surface area contributed by atoms with Crippen molar-refractivity contribution in [1.82, 2.24) is 0 Å². The van der Waals surface area contributed by atoms with Gasteiger partial charge in [-0.25, -0.2) is 0 Å². The van der Waals surface area contributed by atoms with Crippen LogP contribution in [-0.4, -0.2) is 11.8 Å². The van der Waals surface area contributed by atoms with Crippen molar-refractivity contribution in [2.75, 3.05) is 10.6 Å². The van der Waals surface area contributed by atoms with E-state index >= 15 is 0 Å². The van der Waals surface area contributed by atoms with Crippen molar-refractivity contribution in [3.05, 3.63) is 49.1 Å². The van der Waals surface area contributed by atoms with E-state index < -0.39 is 0 Å². The molecule has 0 atom stereocenters. The number of carbonyl (C=O) groups is 2. The average Bonchev–Trinajstić information content (AvgIpc) is 2.33. The molecule has 1 rings (SSSR count). The first-order chi connectivity index (χ1) is 8.06. The number of rotatable bonds is 4. The van der Waals surface area contributed by atoms with E-state index in [4.69, 9.17) is 0 Å². The number of aryl methyl sites for hydroxylation is 1. The summed E-state index contributed by atoms with van der Waals surface area (Å²) in [5, 5.41) is 5.27. The van der Waals surface area contributed by atoms with Gasteiger partial charge in [0.05, 0.1) is 0 Å². The van der Waals surface area contributed by atoms with Gasteiger partial charge in [0.1, 0.15) is 0 Å². The molecule has 0 heterocycles. The predicted octanol–water partition coefficient (Wildman–Crippen LogP) is 2.24. The van der Waals surface area contributed by atoms with Gasteiger partial charge in [-0.05, 0) is 36.8 Å². The zero-order valence-electron chi connectivity index (χ0n) is 9.62. The van der Waals surface area contributed by atoms with E-state index in [0.717, 1.165) is 5.56 Å². The summed E-state index contributed by atoms with van der Waals surface area (Å²) in [7, 11) is 0. The second kappa shape index (κ2) is 5.65. The van der Waals surface area contributed by atoms with E-state index in [9.17, 15) is 9.59 Å². The van der Waals surface area contributed by atoms with E-state index in [1.807, 2.05) is 6.92 Å². The van der Waals surface area contributed by atoms with Crippen molar-refractivity contribution in [2.24, 2.45) is 0 Å². The fourth-order valence-electron chi connectivity index (χ4n) is 1.21. The minimum atomic E-state index is -0.296. The van der Waals surface area contributed by atoms with Crippen LogP contribution in [0.25, 0.3) is 0 Å². The Hall–Kier alpha value is -2.36. The number of hydrogen-bond acceptors (Lipinski definition) is 2. The molecule has 0 unspecified atom stereocenters. The van der Waals surface area contributed by atoms with Crippen LogP contribution in [0.15, 0.2) is 43.5 Å². The smallest absolute Gasteiger partial charge is 0.247 e. The van der Waals surface area contributed by atoms with Gasteiger partial charge in [-0.1, -0.05) is 19.2 Å². The fourth-order valence-corrected chi connectivity index (χ4v) is 1.21.